The fraction of sp³-hybridized carbons (Fsp3) is 0.235. The van der Waals surface area contributed by atoms with E-state index in [0.717, 1.165) is 27.8 Å². The number of nitrogens with zero attached hydrogens (tertiary/aromatic N) is 2. The highest BCUT2D eigenvalue weighted by molar-refractivity contribution is 14.1. The van der Waals surface area contributed by atoms with E-state index in [0.29, 0.717) is 28.3 Å². The minimum Gasteiger partial charge on any atom is -0.336 e. The van der Waals surface area contributed by atoms with Crippen LogP contribution in [-0.4, -0.2) is 16.0 Å². The zero-order chi connectivity index (χ0) is 16.0. The minimum atomic E-state index is -0.160. The van der Waals surface area contributed by atoms with Gasteiger partial charge in [0.2, 0.25) is 0 Å². The third kappa shape index (κ3) is 2.83. The molecule has 0 radical (unpaired) electrons. The SMILES string of the molecule is Cc1noc2nc(C3CC3)cc(C(=O)Nc3cccc(I)c3)c12. The number of carbonyl (C=O) groups is 1. The molecule has 23 heavy (non-hydrogen) atoms. The Kier molecular flexibility index (Phi) is 3.56. The van der Waals surface area contributed by atoms with Gasteiger partial charge in [-0.15, -0.1) is 0 Å². The number of anilines is 1. The number of hydrogen-bond donors (Lipinski definition) is 1. The Balaban J connectivity index is 1.77. The Morgan fingerprint density at radius 3 is 2.91 bits per heavy atom. The molecule has 0 spiro atoms. The van der Waals surface area contributed by atoms with Crippen LogP contribution in [-0.2, 0) is 0 Å². The van der Waals surface area contributed by atoms with Crippen molar-refractivity contribution in [1.29, 1.82) is 0 Å². The lowest BCUT2D eigenvalue weighted by Crippen LogP contribution is -2.13. The molecule has 1 N–H and O–H groups in total. The fourth-order valence-electron chi connectivity index (χ4n) is 2.65. The number of amides is 1. The van der Waals surface area contributed by atoms with Crippen LogP contribution < -0.4 is 5.32 Å². The lowest BCUT2D eigenvalue weighted by molar-refractivity contribution is 0.102. The van der Waals surface area contributed by atoms with Gasteiger partial charge in [-0.05, 0) is 66.6 Å². The molecule has 1 amide bonds. The number of aryl methyl sites for hydroxylation is 1. The van der Waals surface area contributed by atoms with Crippen molar-refractivity contribution in [3.8, 4) is 0 Å². The van der Waals surface area contributed by atoms with Gasteiger partial charge >= 0.3 is 0 Å². The van der Waals surface area contributed by atoms with Crippen LogP contribution in [0.5, 0.6) is 0 Å². The molecular formula is C17H14IN3O2. The molecule has 1 aliphatic rings. The first-order valence-corrected chi connectivity index (χ1v) is 8.53. The minimum absolute atomic E-state index is 0.160. The molecule has 5 nitrogen and oxygen atoms in total. The predicted molar refractivity (Wildman–Crippen MR) is 95.6 cm³/mol. The van der Waals surface area contributed by atoms with E-state index in [2.05, 4.69) is 38.0 Å². The Morgan fingerprint density at radius 2 is 2.17 bits per heavy atom. The van der Waals surface area contributed by atoms with E-state index in [4.69, 9.17) is 4.52 Å². The van der Waals surface area contributed by atoms with Crippen LogP contribution in [0.25, 0.3) is 11.1 Å². The van der Waals surface area contributed by atoms with Crippen LogP contribution in [0.15, 0.2) is 34.9 Å². The van der Waals surface area contributed by atoms with Gasteiger partial charge in [-0.2, -0.15) is 0 Å². The van der Waals surface area contributed by atoms with Crippen LogP contribution in [0.2, 0.25) is 0 Å². The van der Waals surface area contributed by atoms with Crippen molar-refractivity contribution < 1.29 is 9.32 Å². The molecule has 3 aromatic rings. The van der Waals surface area contributed by atoms with Crippen LogP contribution in [0.1, 0.15) is 40.5 Å². The maximum Gasteiger partial charge on any atom is 0.259 e. The number of carbonyl (C=O) groups excluding carboxylic acids is 1. The van der Waals surface area contributed by atoms with Gasteiger partial charge in [0.25, 0.3) is 11.6 Å². The van der Waals surface area contributed by atoms with Crippen molar-refractivity contribution in [2.24, 2.45) is 0 Å². The van der Waals surface area contributed by atoms with Gasteiger partial charge in [0.05, 0.1) is 16.6 Å². The van der Waals surface area contributed by atoms with Gasteiger partial charge in [0, 0.05) is 20.9 Å². The summed E-state index contributed by atoms with van der Waals surface area (Å²) in [5, 5.41) is 7.61. The number of fused-ring (bicyclic) bond motifs is 1. The van der Waals surface area contributed by atoms with E-state index in [1.165, 1.54) is 0 Å². The van der Waals surface area contributed by atoms with E-state index in [1.54, 1.807) is 0 Å². The van der Waals surface area contributed by atoms with Crippen molar-refractivity contribution in [1.82, 2.24) is 10.1 Å². The van der Waals surface area contributed by atoms with E-state index >= 15 is 0 Å². The molecule has 2 heterocycles. The molecule has 0 atom stereocenters. The lowest BCUT2D eigenvalue weighted by Gasteiger charge is -2.08. The van der Waals surface area contributed by atoms with Crippen LogP contribution >= 0.6 is 22.6 Å². The molecule has 2 aromatic heterocycles. The Morgan fingerprint density at radius 1 is 1.35 bits per heavy atom. The predicted octanol–water partition coefficient (Wildman–Crippen LogP) is 4.27. The van der Waals surface area contributed by atoms with Gasteiger partial charge in [-0.25, -0.2) is 4.98 Å². The average molecular weight is 419 g/mol. The first kappa shape index (κ1) is 14.6. The van der Waals surface area contributed by atoms with Gasteiger partial charge < -0.3 is 9.84 Å². The lowest BCUT2D eigenvalue weighted by atomic mass is 10.1. The number of halogens is 1. The number of benzene rings is 1. The zero-order valence-electron chi connectivity index (χ0n) is 12.5. The fourth-order valence-corrected chi connectivity index (χ4v) is 3.19. The molecular weight excluding hydrogens is 405 g/mol. The first-order chi connectivity index (χ1) is 11.1. The van der Waals surface area contributed by atoms with Crippen LogP contribution in [0, 0.1) is 10.5 Å². The van der Waals surface area contributed by atoms with Crippen molar-refractivity contribution in [2.45, 2.75) is 25.7 Å². The molecule has 4 rings (SSSR count). The number of nitrogens with one attached hydrogen (secondary N) is 1. The molecule has 1 aliphatic carbocycles. The van der Waals surface area contributed by atoms with E-state index < -0.39 is 0 Å². The number of rotatable bonds is 3. The van der Waals surface area contributed by atoms with Crippen molar-refractivity contribution in [3.63, 3.8) is 0 Å². The van der Waals surface area contributed by atoms with Gasteiger partial charge in [0.15, 0.2) is 0 Å². The largest absolute Gasteiger partial charge is 0.336 e. The van der Waals surface area contributed by atoms with Gasteiger partial charge in [-0.3, -0.25) is 4.79 Å². The second-order valence-electron chi connectivity index (χ2n) is 5.78. The van der Waals surface area contributed by atoms with E-state index in [-0.39, 0.29) is 5.91 Å². The topological polar surface area (TPSA) is 68.0 Å². The summed E-state index contributed by atoms with van der Waals surface area (Å²) < 4.78 is 6.35. The quantitative estimate of drug-likeness (QED) is 0.645. The molecule has 0 bridgehead atoms. The second-order valence-corrected chi connectivity index (χ2v) is 7.03. The van der Waals surface area contributed by atoms with Gasteiger partial charge in [-0.1, -0.05) is 11.2 Å². The average Bonchev–Trinajstić information content (AvgIpc) is 3.31. The highest BCUT2D eigenvalue weighted by atomic mass is 127. The molecule has 116 valence electrons. The zero-order valence-corrected chi connectivity index (χ0v) is 14.6. The summed E-state index contributed by atoms with van der Waals surface area (Å²) in [5.41, 5.74) is 3.40. The number of pyridine rings is 1. The maximum absolute atomic E-state index is 12.8. The third-order valence-corrected chi connectivity index (χ3v) is 4.63. The van der Waals surface area contributed by atoms with Gasteiger partial charge in [0.1, 0.15) is 0 Å². The summed E-state index contributed by atoms with van der Waals surface area (Å²) in [7, 11) is 0. The number of aromatic nitrogens is 2. The van der Waals surface area contributed by atoms with E-state index in [9.17, 15) is 4.79 Å². The smallest absolute Gasteiger partial charge is 0.259 e. The van der Waals surface area contributed by atoms with Crippen molar-refractivity contribution >= 4 is 45.3 Å². The Hall–Kier alpha value is -1.96. The highest BCUT2D eigenvalue weighted by Gasteiger charge is 2.28. The third-order valence-electron chi connectivity index (χ3n) is 3.96. The van der Waals surface area contributed by atoms with E-state index in [1.807, 2.05) is 37.3 Å². The summed E-state index contributed by atoms with van der Waals surface area (Å²) in [6.07, 6.45) is 2.23. The Bertz CT molecular complexity index is 915. The molecule has 0 saturated heterocycles. The normalized spacial score (nSPS) is 14.2. The molecule has 1 saturated carbocycles. The first-order valence-electron chi connectivity index (χ1n) is 7.45. The molecule has 6 heteroatoms. The maximum atomic E-state index is 12.8. The summed E-state index contributed by atoms with van der Waals surface area (Å²) in [4.78, 5) is 17.3. The monoisotopic (exact) mass is 419 g/mol. The molecule has 0 unspecified atom stereocenters. The molecule has 1 aromatic carbocycles. The Labute approximate surface area is 146 Å². The second kappa shape index (κ2) is 5.59. The molecule has 0 aliphatic heterocycles. The van der Waals surface area contributed by atoms with Crippen molar-refractivity contribution in [2.75, 3.05) is 5.32 Å². The summed E-state index contributed by atoms with van der Waals surface area (Å²) >= 11 is 2.22. The molecule has 1 fully saturated rings. The summed E-state index contributed by atoms with van der Waals surface area (Å²) in [6.45, 7) is 1.83. The summed E-state index contributed by atoms with van der Waals surface area (Å²) in [6, 6.07) is 9.59. The highest BCUT2D eigenvalue weighted by Crippen LogP contribution is 2.40. The van der Waals surface area contributed by atoms with Crippen molar-refractivity contribution in [3.05, 3.63) is 50.9 Å². The standard InChI is InChI=1S/C17H14IN3O2/c1-9-15-13(16(22)19-12-4-2-3-11(18)7-12)8-14(10-5-6-10)20-17(15)23-21-9/h2-4,7-8,10H,5-6H2,1H3,(H,19,22). The summed E-state index contributed by atoms with van der Waals surface area (Å²) in [5.74, 6) is 0.279. The number of hydrogen-bond acceptors (Lipinski definition) is 4. The van der Waals surface area contributed by atoms with Crippen LogP contribution in [0.3, 0.4) is 0 Å². The van der Waals surface area contributed by atoms with Crippen LogP contribution in [0.4, 0.5) is 5.69 Å².